The van der Waals surface area contributed by atoms with Crippen LogP contribution in [0, 0.1) is 23.2 Å². The van der Waals surface area contributed by atoms with Crippen molar-refractivity contribution in [3.8, 4) is 0 Å². The van der Waals surface area contributed by atoms with E-state index in [1.165, 1.54) is 19.3 Å². The molecule has 1 heterocycles. The number of nitrogens with zero attached hydrogens (tertiary/aromatic N) is 1. The summed E-state index contributed by atoms with van der Waals surface area (Å²) in [5, 5.41) is 0. The van der Waals surface area contributed by atoms with Crippen molar-refractivity contribution < 1.29 is 4.79 Å². The van der Waals surface area contributed by atoms with Crippen LogP contribution in [0.25, 0.3) is 0 Å². The number of hydrogen-bond acceptors (Lipinski definition) is 1. The third kappa shape index (κ3) is 2.23. The molecule has 1 amide bonds. The normalized spacial score (nSPS) is 34.9. The van der Waals surface area contributed by atoms with Crippen molar-refractivity contribution in [3.05, 3.63) is 0 Å². The summed E-state index contributed by atoms with van der Waals surface area (Å²) in [6, 6.07) is 0.472. The van der Waals surface area contributed by atoms with Gasteiger partial charge in [0.25, 0.3) is 0 Å². The summed E-state index contributed by atoms with van der Waals surface area (Å²) in [5.41, 5.74) is 0.0779. The summed E-state index contributed by atoms with van der Waals surface area (Å²) < 4.78 is 0. The monoisotopic (exact) mass is 237 g/mol. The molecule has 0 bridgehead atoms. The molecule has 0 N–H and O–H groups in total. The maximum absolute atomic E-state index is 12.6. The van der Waals surface area contributed by atoms with Crippen molar-refractivity contribution in [2.75, 3.05) is 6.54 Å². The molecular formula is C15H27NO. The van der Waals surface area contributed by atoms with Gasteiger partial charge in [0.15, 0.2) is 0 Å². The largest absolute Gasteiger partial charge is 0.339 e. The Hall–Kier alpha value is -0.530. The molecule has 1 saturated heterocycles. The van der Waals surface area contributed by atoms with Crippen LogP contribution in [0.1, 0.15) is 53.9 Å². The first-order valence-electron chi connectivity index (χ1n) is 7.13. The highest BCUT2D eigenvalue weighted by Gasteiger charge is 2.45. The van der Waals surface area contributed by atoms with Gasteiger partial charge in [-0.15, -0.1) is 0 Å². The summed E-state index contributed by atoms with van der Waals surface area (Å²) in [6.45, 7) is 11.9. The Morgan fingerprint density at radius 1 is 1.29 bits per heavy atom. The van der Waals surface area contributed by atoms with Gasteiger partial charge in [0, 0.05) is 18.5 Å². The van der Waals surface area contributed by atoms with E-state index >= 15 is 0 Å². The third-order valence-electron chi connectivity index (χ3n) is 5.21. The van der Waals surface area contributed by atoms with Gasteiger partial charge >= 0.3 is 0 Å². The van der Waals surface area contributed by atoms with Gasteiger partial charge in [-0.05, 0) is 37.0 Å². The molecule has 0 radical (unpaired) electrons. The zero-order chi connectivity index (χ0) is 12.8. The van der Waals surface area contributed by atoms with E-state index in [0.29, 0.717) is 11.9 Å². The maximum atomic E-state index is 12.6. The minimum Gasteiger partial charge on any atom is -0.339 e. The molecule has 2 fully saturated rings. The van der Waals surface area contributed by atoms with Crippen molar-refractivity contribution in [3.63, 3.8) is 0 Å². The molecule has 17 heavy (non-hydrogen) atoms. The predicted octanol–water partition coefficient (Wildman–Crippen LogP) is 3.32. The number of amides is 1. The van der Waals surface area contributed by atoms with E-state index in [9.17, 15) is 4.79 Å². The summed E-state index contributed by atoms with van der Waals surface area (Å²) in [6.07, 6.45) is 4.04. The van der Waals surface area contributed by atoms with Crippen LogP contribution in [0.4, 0.5) is 0 Å². The van der Waals surface area contributed by atoms with Crippen LogP contribution in [0.15, 0.2) is 0 Å². The highest BCUT2D eigenvalue weighted by molar-refractivity contribution is 5.80. The highest BCUT2D eigenvalue weighted by atomic mass is 16.2. The molecule has 2 rings (SSSR count). The Bertz CT molecular complexity index is 305. The van der Waals surface area contributed by atoms with Crippen LogP contribution in [0.5, 0.6) is 0 Å². The van der Waals surface area contributed by atoms with Crippen molar-refractivity contribution in [1.82, 2.24) is 4.90 Å². The molecule has 1 saturated carbocycles. The predicted molar refractivity (Wildman–Crippen MR) is 70.6 cm³/mol. The minimum atomic E-state index is 0.0779. The Balaban J connectivity index is 2.07. The Labute approximate surface area is 106 Å². The van der Waals surface area contributed by atoms with E-state index < -0.39 is 0 Å². The smallest absolute Gasteiger partial charge is 0.226 e. The number of rotatable bonds is 1. The first-order chi connectivity index (χ1) is 7.82. The fraction of sp³-hybridized carbons (Fsp3) is 0.933. The van der Waals surface area contributed by atoms with Gasteiger partial charge in [-0.1, -0.05) is 34.1 Å². The van der Waals surface area contributed by atoms with Gasteiger partial charge in [-0.3, -0.25) is 4.79 Å². The summed E-state index contributed by atoms with van der Waals surface area (Å²) in [7, 11) is 0. The summed E-state index contributed by atoms with van der Waals surface area (Å²) >= 11 is 0. The van der Waals surface area contributed by atoms with Crippen molar-refractivity contribution >= 4 is 5.91 Å². The zero-order valence-corrected chi connectivity index (χ0v) is 12.0. The fourth-order valence-electron chi connectivity index (χ4n) is 3.49. The quantitative estimate of drug-likeness (QED) is 0.685. The molecule has 1 unspecified atom stereocenters. The Kier molecular flexibility index (Phi) is 3.26. The minimum absolute atomic E-state index is 0.0779. The molecule has 4 atom stereocenters. The van der Waals surface area contributed by atoms with Gasteiger partial charge in [0.2, 0.25) is 5.91 Å². The molecule has 0 aromatic carbocycles. The number of carbonyl (C=O) groups excluding carboxylic acids is 1. The lowest BCUT2D eigenvalue weighted by Crippen LogP contribution is -2.42. The number of fused-ring (bicyclic) bond motifs is 1. The van der Waals surface area contributed by atoms with Gasteiger partial charge in [-0.25, -0.2) is 0 Å². The first kappa shape index (κ1) is 12.9. The SMILES string of the molecule is CC(C(=O)N1C[C@@H]2CCC[C@@H]2[C@H]1C)C(C)(C)C. The van der Waals surface area contributed by atoms with Crippen LogP contribution >= 0.6 is 0 Å². The second-order valence-corrected chi connectivity index (χ2v) is 7.17. The third-order valence-corrected chi connectivity index (χ3v) is 5.21. The Morgan fingerprint density at radius 2 is 1.94 bits per heavy atom. The average Bonchev–Trinajstić information content (AvgIpc) is 2.78. The molecule has 2 heteroatoms. The van der Waals surface area contributed by atoms with Gasteiger partial charge < -0.3 is 4.90 Å². The lowest BCUT2D eigenvalue weighted by molar-refractivity contribution is -0.139. The first-order valence-corrected chi connectivity index (χ1v) is 7.13. The molecule has 1 aliphatic carbocycles. The van der Waals surface area contributed by atoms with Crippen molar-refractivity contribution in [1.29, 1.82) is 0 Å². The van der Waals surface area contributed by atoms with Crippen LogP contribution in [0.2, 0.25) is 0 Å². The van der Waals surface area contributed by atoms with Crippen molar-refractivity contribution in [2.24, 2.45) is 23.2 Å². The lowest BCUT2D eigenvalue weighted by atomic mass is 9.81. The average molecular weight is 237 g/mol. The van der Waals surface area contributed by atoms with Crippen LogP contribution in [-0.4, -0.2) is 23.4 Å². The van der Waals surface area contributed by atoms with E-state index in [1.54, 1.807) is 0 Å². The zero-order valence-electron chi connectivity index (χ0n) is 12.0. The molecule has 2 nitrogen and oxygen atoms in total. The van der Waals surface area contributed by atoms with Crippen molar-refractivity contribution in [2.45, 2.75) is 59.9 Å². The van der Waals surface area contributed by atoms with Gasteiger partial charge in [0.05, 0.1) is 0 Å². The van der Waals surface area contributed by atoms with E-state index in [4.69, 9.17) is 0 Å². The number of hydrogen-bond donors (Lipinski definition) is 0. The van der Waals surface area contributed by atoms with Crippen LogP contribution in [0.3, 0.4) is 0 Å². The second kappa shape index (κ2) is 4.29. The molecule has 0 aromatic rings. The molecule has 0 aromatic heterocycles. The fourth-order valence-corrected chi connectivity index (χ4v) is 3.49. The standard InChI is InChI=1S/C15H27NO/c1-10(15(3,4)5)14(17)16-9-12-7-6-8-13(12)11(16)2/h10-13H,6-9H2,1-5H3/t10?,11-,12+,13-/m1/s1. The highest BCUT2D eigenvalue weighted by Crippen LogP contribution is 2.43. The molecular weight excluding hydrogens is 210 g/mol. The second-order valence-electron chi connectivity index (χ2n) is 7.17. The van der Waals surface area contributed by atoms with Crippen LogP contribution in [-0.2, 0) is 4.79 Å². The van der Waals surface area contributed by atoms with Crippen LogP contribution < -0.4 is 0 Å². The molecule has 0 spiro atoms. The summed E-state index contributed by atoms with van der Waals surface area (Å²) in [4.78, 5) is 14.7. The van der Waals surface area contributed by atoms with E-state index in [-0.39, 0.29) is 11.3 Å². The van der Waals surface area contributed by atoms with Gasteiger partial charge in [-0.2, -0.15) is 0 Å². The topological polar surface area (TPSA) is 20.3 Å². The molecule has 1 aliphatic heterocycles. The van der Waals surface area contributed by atoms with E-state index in [1.807, 2.05) is 0 Å². The van der Waals surface area contributed by atoms with E-state index in [0.717, 1.165) is 18.4 Å². The Morgan fingerprint density at radius 3 is 2.47 bits per heavy atom. The lowest BCUT2D eigenvalue weighted by Gasteiger charge is -2.33. The number of carbonyl (C=O) groups is 1. The van der Waals surface area contributed by atoms with E-state index in [2.05, 4.69) is 39.5 Å². The molecule has 2 aliphatic rings. The molecule has 98 valence electrons. The van der Waals surface area contributed by atoms with Gasteiger partial charge in [0.1, 0.15) is 0 Å². The number of likely N-dealkylation sites (tertiary alicyclic amines) is 1. The summed E-state index contributed by atoms with van der Waals surface area (Å²) in [5.74, 6) is 2.08. The maximum Gasteiger partial charge on any atom is 0.226 e.